The highest BCUT2D eigenvalue weighted by Gasteiger charge is 2.35. The van der Waals surface area contributed by atoms with Crippen molar-refractivity contribution >= 4 is 46.1 Å². The van der Waals surface area contributed by atoms with Gasteiger partial charge in [0.15, 0.2) is 0 Å². The maximum absolute atomic E-state index is 10.2. The lowest BCUT2D eigenvalue weighted by atomic mass is 9.97. The van der Waals surface area contributed by atoms with Crippen molar-refractivity contribution < 1.29 is 9.84 Å². The summed E-state index contributed by atoms with van der Waals surface area (Å²) in [6, 6.07) is 3.16. The van der Waals surface area contributed by atoms with Crippen LogP contribution < -0.4 is 9.64 Å². The monoisotopic (exact) mass is 383 g/mol. The topological polar surface area (TPSA) is 50.5 Å². The van der Waals surface area contributed by atoms with Crippen molar-refractivity contribution in [2.45, 2.75) is 25.3 Å². The highest BCUT2D eigenvalue weighted by atomic mass is 35.5. The molecular formula is C16H15Cl2N3O2S. The third kappa shape index (κ3) is 2.53. The highest BCUT2D eigenvalue weighted by Crippen LogP contribution is 2.44. The van der Waals surface area contributed by atoms with E-state index in [-0.39, 0.29) is 11.7 Å². The molecule has 0 bridgehead atoms. The number of aromatic hydroxyl groups is 1. The molecule has 3 heterocycles. The lowest BCUT2D eigenvalue weighted by Crippen LogP contribution is -2.24. The molecule has 5 nitrogen and oxygen atoms in total. The van der Waals surface area contributed by atoms with E-state index < -0.39 is 0 Å². The Morgan fingerprint density at radius 2 is 2.17 bits per heavy atom. The number of hydrogen-bond donors (Lipinski definition) is 1. The van der Waals surface area contributed by atoms with Crippen molar-refractivity contribution in [2.75, 3.05) is 18.1 Å². The van der Waals surface area contributed by atoms with Crippen LogP contribution in [0.15, 0.2) is 18.3 Å². The Hall–Kier alpha value is -1.50. The molecule has 1 aromatic heterocycles. The summed E-state index contributed by atoms with van der Waals surface area (Å²) in [5.41, 5.74) is 1.52. The van der Waals surface area contributed by atoms with Crippen LogP contribution in [0.5, 0.6) is 11.6 Å². The van der Waals surface area contributed by atoms with Gasteiger partial charge in [-0.05, 0) is 12.1 Å². The summed E-state index contributed by atoms with van der Waals surface area (Å²) in [5, 5.41) is 15.4. The number of halogens is 2. The summed E-state index contributed by atoms with van der Waals surface area (Å²) in [7, 11) is 0. The van der Waals surface area contributed by atoms with Crippen molar-refractivity contribution in [1.82, 2.24) is 9.78 Å². The Morgan fingerprint density at radius 3 is 3.00 bits per heavy atom. The fraction of sp³-hybridized carbons (Fsp3) is 0.375. The molecule has 0 amide bonds. The smallest absolute Gasteiger partial charge is 0.236 e. The van der Waals surface area contributed by atoms with Crippen LogP contribution in [0.25, 0.3) is 0 Å². The van der Waals surface area contributed by atoms with Crippen LogP contribution in [-0.2, 0) is 6.54 Å². The quantitative estimate of drug-likeness (QED) is 0.794. The van der Waals surface area contributed by atoms with E-state index in [1.54, 1.807) is 18.3 Å². The molecule has 1 aromatic carbocycles. The first-order valence-corrected chi connectivity index (χ1v) is 8.88. The van der Waals surface area contributed by atoms with Gasteiger partial charge in [0.2, 0.25) is 5.88 Å². The Kier molecular flexibility index (Phi) is 4.06. The van der Waals surface area contributed by atoms with Gasteiger partial charge in [-0.25, -0.2) is 4.68 Å². The average molecular weight is 384 g/mol. The lowest BCUT2D eigenvalue weighted by Gasteiger charge is -2.22. The highest BCUT2D eigenvalue weighted by molar-refractivity contribution is 7.80. The van der Waals surface area contributed by atoms with E-state index in [2.05, 4.69) is 5.10 Å². The molecule has 0 spiro atoms. The van der Waals surface area contributed by atoms with Gasteiger partial charge >= 0.3 is 0 Å². The molecule has 126 valence electrons. The molecule has 1 N–H and O–H groups in total. The zero-order valence-corrected chi connectivity index (χ0v) is 15.0. The maximum atomic E-state index is 10.2. The van der Waals surface area contributed by atoms with E-state index in [1.165, 1.54) is 0 Å². The Labute approximate surface area is 154 Å². The second-order valence-electron chi connectivity index (χ2n) is 5.96. The largest absolute Gasteiger partial charge is 0.508 e. The first-order chi connectivity index (χ1) is 11.6. The molecule has 1 saturated heterocycles. The molecule has 2 aliphatic rings. The second kappa shape index (κ2) is 6.10. The minimum Gasteiger partial charge on any atom is -0.508 e. The third-order valence-corrected chi connectivity index (χ3v) is 5.67. The second-order valence-corrected chi connectivity index (χ2v) is 7.22. The normalized spacial score (nSPS) is 20.2. The Morgan fingerprint density at radius 1 is 1.33 bits per heavy atom. The molecular weight excluding hydrogens is 369 g/mol. The first kappa shape index (κ1) is 16.0. The van der Waals surface area contributed by atoms with Crippen LogP contribution >= 0.6 is 35.4 Å². The van der Waals surface area contributed by atoms with Gasteiger partial charge in [0, 0.05) is 37.4 Å². The SMILES string of the molecule is Oc1ccc(Cl)c(Cl)c1C1CC(=S)N(c2cnn3c2OCCC3)C1. The van der Waals surface area contributed by atoms with E-state index >= 15 is 0 Å². The van der Waals surface area contributed by atoms with Crippen molar-refractivity contribution in [3.63, 3.8) is 0 Å². The summed E-state index contributed by atoms with van der Waals surface area (Å²) < 4.78 is 7.63. The molecule has 4 rings (SSSR count). The van der Waals surface area contributed by atoms with Crippen LogP contribution in [0.2, 0.25) is 10.0 Å². The van der Waals surface area contributed by atoms with Gasteiger partial charge < -0.3 is 14.7 Å². The van der Waals surface area contributed by atoms with Gasteiger partial charge in [-0.1, -0.05) is 35.4 Å². The summed E-state index contributed by atoms with van der Waals surface area (Å²) in [4.78, 5) is 2.79. The number of fused-ring (bicyclic) bond motifs is 1. The van der Waals surface area contributed by atoms with E-state index in [1.807, 2.05) is 9.58 Å². The molecule has 0 radical (unpaired) electrons. The number of phenolic OH excluding ortho intramolecular Hbond substituents is 1. The van der Waals surface area contributed by atoms with Crippen LogP contribution in [0, 0.1) is 0 Å². The number of anilines is 1. The van der Waals surface area contributed by atoms with Crippen LogP contribution in [0.1, 0.15) is 24.3 Å². The number of aryl methyl sites for hydroxylation is 1. The summed E-state index contributed by atoms with van der Waals surface area (Å²) in [6.07, 6.45) is 3.36. The van der Waals surface area contributed by atoms with Crippen LogP contribution in [-0.4, -0.2) is 33.0 Å². The lowest BCUT2D eigenvalue weighted by molar-refractivity contribution is 0.231. The molecule has 1 atom stereocenters. The van der Waals surface area contributed by atoms with E-state index in [0.717, 1.165) is 29.5 Å². The van der Waals surface area contributed by atoms with Crippen LogP contribution in [0.3, 0.4) is 0 Å². The number of ether oxygens (including phenoxy) is 1. The number of benzene rings is 1. The average Bonchev–Trinajstić information content (AvgIpc) is 3.15. The van der Waals surface area contributed by atoms with Gasteiger partial charge in [0.1, 0.15) is 11.4 Å². The summed E-state index contributed by atoms with van der Waals surface area (Å²) in [6.45, 7) is 2.14. The Balaban J connectivity index is 1.67. The third-order valence-electron chi connectivity index (χ3n) is 4.46. The van der Waals surface area contributed by atoms with Gasteiger partial charge in [-0.3, -0.25) is 0 Å². The predicted octanol–water partition coefficient (Wildman–Crippen LogP) is 4.00. The molecule has 1 fully saturated rings. The van der Waals surface area contributed by atoms with E-state index in [9.17, 15) is 5.11 Å². The Bertz CT molecular complexity index is 824. The van der Waals surface area contributed by atoms with Crippen molar-refractivity contribution in [2.24, 2.45) is 0 Å². The van der Waals surface area contributed by atoms with Gasteiger partial charge in [-0.15, -0.1) is 0 Å². The number of hydrogen-bond acceptors (Lipinski definition) is 4. The number of nitrogens with zero attached hydrogens (tertiary/aromatic N) is 3. The zero-order chi connectivity index (χ0) is 16.8. The minimum absolute atomic E-state index is 0.0251. The fourth-order valence-electron chi connectivity index (χ4n) is 3.32. The molecule has 1 unspecified atom stereocenters. The van der Waals surface area contributed by atoms with E-state index in [0.29, 0.717) is 35.2 Å². The molecule has 24 heavy (non-hydrogen) atoms. The predicted molar refractivity (Wildman–Crippen MR) is 97.8 cm³/mol. The van der Waals surface area contributed by atoms with Gasteiger partial charge in [0.05, 0.1) is 27.8 Å². The first-order valence-electron chi connectivity index (χ1n) is 7.72. The minimum atomic E-state index is -0.0251. The van der Waals surface area contributed by atoms with Crippen molar-refractivity contribution in [1.29, 1.82) is 0 Å². The molecule has 0 aliphatic carbocycles. The fourth-order valence-corrected chi connectivity index (χ4v) is 4.17. The number of thiocarbonyl (C=S) groups is 1. The molecule has 2 aliphatic heterocycles. The molecule has 0 saturated carbocycles. The van der Waals surface area contributed by atoms with Gasteiger partial charge in [0.25, 0.3) is 0 Å². The van der Waals surface area contributed by atoms with Crippen molar-refractivity contribution in [3.05, 3.63) is 33.9 Å². The molecule has 8 heteroatoms. The van der Waals surface area contributed by atoms with E-state index in [4.69, 9.17) is 40.2 Å². The number of phenols is 1. The zero-order valence-electron chi connectivity index (χ0n) is 12.7. The number of rotatable bonds is 2. The maximum Gasteiger partial charge on any atom is 0.236 e. The summed E-state index contributed by atoms with van der Waals surface area (Å²) in [5.74, 6) is 0.876. The van der Waals surface area contributed by atoms with Gasteiger partial charge in [-0.2, -0.15) is 5.10 Å². The number of aromatic nitrogens is 2. The summed E-state index contributed by atoms with van der Waals surface area (Å²) >= 11 is 18.0. The standard InChI is InChI=1S/C16H15Cl2N3O2S/c17-10-2-3-12(22)14(15(10)18)9-6-13(24)20(8-9)11-7-19-21-4-1-5-23-16(11)21/h2-3,7,9,22H,1,4-6,8H2. The molecule has 2 aromatic rings. The van der Waals surface area contributed by atoms with Crippen LogP contribution in [0.4, 0.5) is 5.69 Å². The van der Waals surface area contributed by atoms with Crippen molar-refractivity contribution in [3.8, 4) is 11.6 Å².